The molecule has 0 atom stereocenters. The maximum Gasteiger partial charge on any atom is 0.354 e. The van der Waals surface area contributed by atoms with Crippen molar-refractivity contribution in [3.8, 4) is 11.5 Å². The lowest BCUT2D eigenvalue weighted by Gasteiger charge is -2.11. The molecule has 0 aliphatic heterocycles. The lowest BCUT2D eigenvalue weighted by Crippen LogP contribution is -2.07. The SMILES string of the molecule is COCc1c(C(=O)O)ncc2[nH]c3cccc(Oc4cc(Cl)ccc4Cl)c3c12. The second kappa shape index (κ2) is 7.31. The molecule has 2 aromatic carbocycles. The average molecular weight is 417 g/mol. The van der Waals surface area contributed by atoms with E-state index in [1.807, 2.05) is 12.1 Å². The molecule has 2 heterocycles. The largest absolute Gasteiger partial charge is 0.477 e. The number of hydrogen-bond donors (Lipinski definition) is 2. The van der Waals surface area contributed by atoms with Crippen molar-refractivity contribution in [2.75, 3.05) is 7.11 Å². The van der Waals surface area contributed by atoms with Crippen molar-refractivity contribution < 1.29 is 19.4 Å². The van der Waals surface area contributed by atoms with E-state index in [9.17, 15) is 9.90 Å². The maximum absolute atomic E-state index is 11.7. The number of hydrogen-bond acceptors (Lipinski definition) is 4. The molecule has 0 radical (unpaired) electrons. The molecule has 28 heavy (non-hydrogen) atoms. The number of nitrogens with one attached hydrogen (secondary N) is 1. The molecule has 0 aliphatic rings. The number of pyridine rings is 1. The molecular weight excluding hydrogens is 403 g/mol. The van der Waals surface area contributed by atoms with Crippen LogP contribution in [-0.2, 0) is 11.3 Å². The molecule has 0 unspecified atom stereocenters. The number of aromatic amines is 1. The zero-order valence-corrected chi connectivity index (χ0v) is 16.1. The van der Waals surface area contributed by atoms with Crippen molar-refractivity contribution in [3.05, 3.63) is 63.9 Å². The van der Waals surface area contributed by atoms with Crippen LogP contribution in [0.5, 0.6) is 11.5 Å². The van der Waals surface area contributed by atoms with E-state index in [-0.39, 0.29) is 12.3 Å². The van der Waals surface area contributed by atoms with Crippen LogP contribution in [0.4, 0.5) is 0 Å². The molecule has 0 saturated carbocycles. The summed E-state index contributed by atoms with van der Waals surface area (Å²) >= 11 is 12.3. The summed E-state index contributed by atoms with van der Waals surface area (Å²) in [6, 6.07) is 10.4. The summed E-state index contributed by atoms with van der Waals surface area (Å²) < 4.78 is 11.3. The molecule has 4 rings (SSSR count). The van der Waals surface area contributed by atoms with Crippen LogP contribution in [0.2, 0.25) is 10.0 Å². The number of H-pyrrole nitrogens is 1. The van der Waals surface area contributed by atoms with Gasteiger partial charge in [-0.1, -0.05) is 29.3 Å². The molecule has 0 saturated heterocycles. The van der Waals surface area contributed by atoms with E-state index in [1.165, 1.54) is 13.3 Å². The first kappa shape index (κ1) is 18.6. The molecule has 0 aliphatic carbocycles. The maximum atomic E-state index is 11.7. The van der Waals surface area contributed by atoms with Crippen LogP contribution in [0.1, 0.15) is 16.1 Å². The molecule has 0 spiro atoms. The standard InChI is InChI=1S/C20H14Cl2N2O4/c1-27-9-11-17-14(8-23-19(11)20(25)26)24-13-3-2-4-15(18(13)17)28-16-7-10(21)5-6-12(16)22/h2-8,24H,9H2,1H3,(H,25,26). The number of fused-ring (bicyclic) bond motifs is 3. The van der Waals surface area contributed by atoms with E-state index >= 15 is 0 Å². The predicted molar refractivity (Wildman–Crippen MR) is 108 cm³/mol. The summed E-state index contributed by atoms with van der Waals surface area (Å²) in [5.74, 6) is -0.218. The first-order valence-electron chi connectivity index (χ1n) is 8.27. The van der Waals surface area contributed by atoms with Gasteiger partial charge < -0.3 is 19.6 Å². The fraction of sp³-hybridized carbons (Fsp3) is 0.100. The Labute approximate surface area is 169 Å². The smallest absolute Gasteiger partial charge is 0.354 e. The monoisotopic (exact) mass is 416 g/mol. The van der Waals surface area contributed by atoms with Gasteiger partial charge in [0.25, 0.3) is 0 Å². The molecule has 142 valence electrons. The van der Waals surface area contributed by atoms with Gasteiger partial charge >= 0.3 is 5.97 Å². The third kappa shape index (κ3) is 3.16. The lowest BCUT2D eigenvalue weighted by molar-refractivity contribution is 0.0685. The van der Waals surface area contributed by atoms with Crippen molar-refractivity contribution >= 4 is 51.0 Å². The minimum absolute atomic E-state index is 0.0640. The lowest BCUT2D eigenvalue weighted by atomic mass is 10.1. The van der Waals surface area contributed by atoms with E-state index in [4.69, 9.17) is 32.7 Å². The number of benzene rings is 2. The fourth-order valence-corrected chi connectivity index (χ4v) is 3.52. The van der Waals surface area contributed by atoms with E-state index in [1.54, 1.807) is 24.3 Å². The Morgan fingerprint density at radius 1 is 1.14 bits per heavy atom. The van der Waals surface area contributed by atoms with Gasteiger partial charge in [-0.3, -0.25) is 0 Å². The highest BCUT2D eigenvalue weighted by Gasteiger charge is 2.21. The first-order chi connectivity index (χ1) is 13.5. The average Bonchev–Trinajstić information content (AvgIpc) is 3.05. The quantitative estimate of drug-likeness (QED) is 0.438. The number of carboxylic acid groups (broad SMARTS) is 1. The minimum Gasteiger partial charge on any atom is -0.477 e. The van der Waals surface area contributed by atoms with Crippen molar-refractivity contribution in [1.82, 2.24) is 9.97 Å². The van der Waals surface area contributed by atoms with E-state index < -0.39 is 5.97 Å². The van der Waals surface area contributed by atoms with Gasteiger partial charge in [0, 0.05) is 29.1 Å². The van der Waals surface area contributed by atoms with E-state index in [0.29, 0.717) is 43.4 Å². The molecule has 8 heteroatoms. The zero-order chi connectivity index (χ0) is 19.8. The zero-order valence-electron chi connectivity index (χ0n) is 14.6. The van der Waals surface area contributed by atoms with Crippen LogP contribution in [0.3, 0.4) is 0 Å². The number of carbonyl (C=O) groups is 1. The number of methoxy groups -OCH3 is 1. The van der Waals surface area contributed by atoms with Gasteiger partial charge in [0.05, 0.1) is 34.2 Å². The first-order valence-corrected chi connectivity index (χ1v) is 9.02. The third-order valence-electron chi connectivity index (χ3n) is 4.33. The summed E-state index contributed by atoms with van der Waals surface area (Å²) in [7, 11) is 1.50. The molecule has 0 amide bonds. The number of aromatic nitrogens is 2. The molecule has 2 N–H and O–H groups in total. The number of halogens is 2. The molecule has 4 aromatic rings. The van der Waals surface area contributed by atoms with Crippen molar-refractivity contribution in [2.24, 2.45) is 0 Å². The van der Waals surface area contributed by atoms with Gasteiger partial charge in [-0.15, -0.1) is 0 Å². The Morgan fingerprint density at radius 2 is 1.96 bits per heavy atom. The highest BCUT2D eigenvalue weighted by atomic mass is 35.5. The number of ether oxygens (including phenoxy) is 2. The highest BCUT2D eigenvalue weighted by Crippen LogP contribution is 2.40. The summed E-state index contributed by atoms with van der Waals surface area (Å²) in [5.41, 5.74) is 1.85. The van der Waals surface area contributed by atoms with Gasteiger partial charge in [0.1, 0.15) is 11.5 Å². The van der Waals surface area contributed by atoms with Gasteiger partial charge in [0.15, 0.2) is 5.69 Å². The normalized spacial score (nSPS) is 11.2. The van der Waals surface area contributed by atoms with Gasteiger partial charge in [-0.25, -0.2) is 9.78 Å². The predicted octanol–water partition coefficient (Wildman–Crippen LogP) is 5.66. The molecule has 0 bridgehead atoms. The molecule has 0 fully saturated rings. The Bertz CT molecular complexity index is 1220. The van der Waals surface area contributed by atoms with Crippen LogP contribution < -0.4 is 4.74 Å². The minimum atomic E-state index is -1.13. The van der Waals surface area contributed by atoms with Gasteiger partial charge in [-0.05, 0) is 24.3 Å². The van der Waals surface area contributed by atoms with Crippen LogP contribution in [0.25, 0.3) is 21.8 Å². The third-order valence-corrected chi connectivity index (χ3v) is 4.88. The Balaban J connectivity index is 2.01. The molecule has 2 aromatic heterocycles. The summed E-state index contributed by atoms with van der Waals surface area (Å²) in [5, 5.41) is 11.8. The molecular formula is C20H14Cl2N2O4. The van der Waals surface area contributed by atoms with Crippen LogP contribution in [-0.4, -0.2) is 28.2 Å². The van der Waals surface area contributed by atoms with Gasteiger partial charge in [-0.2, -0.15) is 0 Å². The second-order valence-electron chi connectivity index (χ2n) is 6.09. The summed E-state index contributed by atoms with van der Waals surface area (Å²) in [6.07, 6.45) is 1.49. The van der Waals surface area contributed by atoms with Crippen molar-refractivity contribution in [1.29, 1.82) is 0 Å². The number of nitrogens with zero attached hydrogens (tertiary/aromatic N) is 1. The summed E-state index contributed by atoms with van der Waals surface area (Å²) in [6.45, 7) is 0.0885. The Kier molecular flexibility index (Phi) is 4.85. The van der Waals surface area contributed by atoms with E-state index in [0.717, 1.165) is 5.52 Å². The molecule has 6 nitrogen and oxygen atoms in total. The van der Waals surface area contributed by atoms with Crippen molar-refractivity contribution in [3.63, 3.8) is 0 Å². The topological polar surface area (TPSA) is 84.4 Å². The number of aromatic carboxylic acids is 1. The van der Waals surface area contributed by atoms with Crippen LogP contribution >= 0.6 is 23.2 Å². The number of rotatable bonds is 5. The Morgan fingerprint density at radius 3 is 2.71 bits per heavy atom. The fourth-order valence-electron chi connectivity index (χ4n) is 3.20. The van der Waals surface area contributed by atoms with Crippen molar-refractivity contribution in [2.45, 2.75) is 6.61 Å². The van der Waals surface area contributed by atoms with E-state index in [2.05, 4.69) is 9.97 Å². The Hall–Kier alpha value is -2.80. The van der Waals surface area contributed by atoms with Gasteiger partial charge in [0.2, 0.25) is 0 Å². The van der Waals surface area contributed by atoms with Crippen LogP contribution in [0, 0.1) is 0 Å². The summed E-state index contributed by atoms with van der Waals surface area (Å²) in [4.78, 5) is 19.0. The van der Waals surface area contributed by atoms with Crippen LogP contribution in [0.15, 0.2) is 42.6 Å². The highest BCUT2D eigenvalue weighted by molar-refractivity contribution is 6.34. The second-order valence-corrected chi connectivity index (χ2v) is 6.94. The number of carboxylic acids is 1.